The van der Waals surface area contributed by atoms with Gasteiger partial charge in [-0.2, -0.15) is 0 Å². The van der Waals surface area contributed by atoms with Gasteiger partial charge < -0.3 is 4.90 Å². The zero-order valence-corrected chi connectivity index (χ0v) is 18.4. The molecule has 0 amide bonds. The first-order chi connectivity index (χ1) is 12.7. The van der Waals surface area contributed by atoms with Crippen LogP contribution in [0.1, 0.15) is 72.8 Å². The van der Waals surface area contributed by atoms with E-state index in [1.165, 1.54) is 17.0 Å². The van der Waals surface area contributed by atoms with Crippen LogP contribution < -0.4 is 0 Å². The predicted octanol–water partition coefficient (Wildman–Crippen LogP) is 7.99. The van der Waals surface area contributed by atoms with Crippen LogP contribution in [-0.4, -0.2) is 4.90 Å². The molecule has 0 saturated carbocycles. The van der Waals surface area contributed by atoms with Crippen LogP contribution in [0, 0.1) is 5.41 Å². The van der Waals surface area contributed by atoms with Crippen molar-refractivity contribution in [1.29, 1.82) is 0 Å². The SMILES string of the molecule is C=CC=C(CC(C)(C)CC)N(C(=CC)CCC=C)C(C)(C)c1ccccc1. The Hall–Kier alpha value is -2.02. The maximum atomic E-state index is 4.00. The molecule has 27 heavy (non-hydrogen) atoms. The van der Waals surface area contributed by atoms with E-state index in [0.29, 0.717) is 0 Å². The Bertz CT molecular complexity index is 659. The molecule has 0 atom stereocenters. The molecule has 0 aromatic heterocycles. The number of hydrogen-bond donors (Lipinski definition) is 0. The van der Waals surface area contributed by atoms with Gasteiger partial charge in [0.25, 0.3) is 0 Å². The zero-order valence-electron chi connectivity index (χ0n) is 18.4. The summed E-state index contributed by atoms with van der Waals surface area (Å²) in [5.41, 5.74) is 4.04. The summed E-state index contributed by atoms with van der Waals surface area (Å²) in [6.45, 7) is 21.7. The largest absolute Gasteiger partial charge is 0.339 e. The van der Waals surface area contributed by atoms with E-state index in [-0.39, 0.29) is 11.0 Å². The van der Waals surface area contributed by atoms with Crippen molar-refractivity contribution in [2.45, 2.75) is 72.8 Å². The maximum absolute atomic E-state index is 4.00. The molecule has 1 aromatic carbocycles. The molecule has 1 aromatic rings. The first kappa shape index (κ1) is 23.0. The summed E-state index contributed by atoms with van der Waals surface area (Å²) in [6.07, 6.45) is 12.5. The molecule has 1 rings (SSSR count). The van der Waals surface area contributed by atoms with E-state index >= 15 is 0 Å². The van der Waals surface area contributed by atoms with Crippen molar-refractivity contribution < 1.29 is 0 Å². The van der Waals surface area contributed by atoms with Crippen LogP contribution in [0.5, 0.6) is 0 Å². The minimum atomic E-state index is -0.164. The third-order valence-electron chi connectivity index (χ3n) is 5.48. The fourth-order valence-corrected chi connectivity index (χ4v) is 3.48. The van der Waals surface area contributed by atoms with Crippen molar-refractivity contribution in [2.75, 3.05) is 0 Å². The number of nitrogens with zero attached hydrogens (tertiary/aromatic N) is 1. The van der Waals surface area contributed by atoms with Gasteiger partial charge in [-0.3, -0.25) is 0 Å². The van der Waals surface area contributed by atoms with Crippen molar-refractivity contribution in [2.24, 2.45) is 5.41 Å². The van der Waals surface area contributed by atoms with Crippen LogP contribution in [0.25, 0.3) is 0 Å². The summed E-state index contributed by atoms with van der Waals surface area (Å²) in [4.78, 5) is 2.53. The lowest BCUT2D eigenvalue weighted by Crippen LogP contribution is -2.41. The van der Waals surface area contributed by atoms with E-state index in [9.17, 15) is 0 Å². The van der Waals surface area contributed by atoms with E-state index in [1.54, 1.807) is 0 Å². The Labute approximate surface area is 168 Å². The van der Waals surface area contributed by atoms with E-state index in [0.717, 1.165) is 25.7 Å². The topological polar surface area (TPSA) is 3.24 Å². The Kier molecular flexibility index (Phi) is 8.82. The first-order valence-corrected chi connectivity index (χ1v) is 10.2. The van der Waals surface area contributed by atoms with E-state index in [1.807, 2.05) is 12.2 Å². The van der Waals surface area contributed by atoms with Crippen molar-refractivity contribution in [3.63, 3.8) is 0 Å². The standard InChI is InChI=1S/C26H39N/c1-9-13-20-23(11-3)27(24(17-10-2)21-25(5,6)12-4)26(7,8)22-18-15-14-16-19-22/h9-11,14-19H,1-2,12-13,20-21H2,3-8H3. The molecule has 0 unspecified atom stereocenters. The van der Waals surface area contributed by atoms with Gasteiger partial charge in [0.15, 0.2) is 0 Å². The van der Waals surface area contributed by atoms with Gasteiger partial charge in [-0.25, -0.2) is 0 Å². The van der Waals surface area contributed by atoms with Crippen LogP contribution in [0.3, 0.4) is 0 Å². The monoisotopic (exact) mass is 365 g/mol. The lowest BCUT2D eigenvalue weighted by Gasteiger charge is -2.45. The summed E-state index contributed by atoms with van der Waals surface area (Å²) >= 11 is 0. The molecule has 0 aliphatic heterocycles. The highest BCUT2D eigenvalue weighted by Gasteiger charge is 2.34. The normalized spacial score (nSPS) is 13.4. The quantitative estimate of drug-likeness (QED) is 0.284. The van der Waals surface area contributed by atoms with E-state index in [4.69, 9.17) is 0 Å². The smallest absolute Gasteiger partial charge is 0.0639 e. The summed E-state index contributed by atoms with van der Waals surface area (Å²) in [6, 6.07) is 10.8. The molecule has 0 bridgehead atoms. The maximum Gasteiger partial charge on any atom is 0.0639 e. The Morgan fingerprint density at radius 3 is 2.15 bits per heavy atom. The van der Waals surface area contributed by atoms with Crippen LogP contribution in [0.2, 0.25) is 0 Å². The molecule has 148 valence electrons. The average Bonchev–Trinajstić information content (AvgIpc) is 2.65. The van der Waals surface area contributed by atoms with Crippen LogP contribution in [-0.2, 0) is 5.54 Å². The molecule has 0 heterocycles. The van der Waals surface area contributed by atoms with E-state index < -0.39 is 0 Å². The van der Waals surface area contributed by atoms with E-state index in [2.05, 4.69) is 102 Å². The zero-order chi connectivity index (χ0) is 20.5. The minimum Gasteiger partial charge on any atom is -0.339 e. The molecule has 0 N–H and O–H groups in total. The van der Waals surface area contributed by atoms with Gasteiger partial charge in [-0.05, 0) is 57.1 Å². The summed E-state index contributed by atoms with van der Waals surface area (Å²) in [5.74, 6) is 0. The third-order valence-corrected chi connectivity index (χ3v) is 5.48. The first-order valence-electron chi connectivity index (χ1n) is 10.2. The molecule has 1 nitrogen and oxygen atoms in total. The minimum absolute atomic E-state index is 0.164. The number of rotatable bonds is 11. The molecular weight excluding hydrogens is 326 g/mol. The number of benzene rings is 1. The highest BCUT2D eigenvalue weighted by Crippen LogP contribution is 2.40. The van der Waals surface area contributed by atoms with Gasteiger partial charge in [-0.1, -0.05) is 82.3 Å². The Morgan fingerprint density at radius 2 is 1.67 bits per heavy atom. The molecule has 0 radical (unpaired) electrons. The van der Waals surface area contributed by atoms with Gasteiger partial charge in [-0.15, -0.1) is 6.58 Å². The van der Waals surface area contributed by atoms with Gasteiger partial charge in [0.2, 0.25) is 0 Å². The van der Waals surface area contributed by atoms with Crippen LogP contribution in [0.15, 0.2) is 79.2 Å². The van der Waals surface area contributed by atoms with Gasteiger partial charge in [0, 0.05) is 11.4 Å². The van der Waals surface area contributed by atoms with Crippen LogP contribution >= 0.6 is 0 Å². The molecule has 0 spiro atoms. The summed E-state index contributed by atoms with van der Waals surface area (Å²) in [5, 5.41) is 0. The fraction of sp³-hybridized carbons (Fsp3) is 0.462. The fourth-order valence-electron chi connectivity index (χ4n) is 3.48. The van der Waals surface area contributed by atoms with Crippen molar-refractivity contribution in [3.05, 3.63) is 84.8 Å². The van der Waals surface area contributed by atoms with Crippen molar-refractivity contribution in [1.82, 2.24) is 4.90 Å². The molecule has 0 aliphatic rings. The lowest BCUT2D eigenvalue weighted by molar-refractivity contribution is 0.182. The highest BCUT2D eigenvalue weighted by atomic mass is 15.2. The highest BCUT2D eigenvalue weighted by molar-refractivity contribution is 5.30. The van der Waals surface area contributed by atoms with Crippen molar-refractivity contribution in [3.8, 4) is 0 Å². The molecular formula is C26H39N. The van der Waals surface area contributed by atoms with Gasteiger partial charge >= 0.3 is 0 Å². The summed E-state index contributed by atoms with van der Waals surface area (Å²) < 4.78 is 0. The lowest BCUT2D eigenvalue weighted by atomic mass is 9.82. The predicted molar refractivity (Wildman–Crippen MR) is 121 cm³/mol. The molecule has 1 heteroatoms. The average molecular weight is 366 g/mol. The second-order valence-corrected chi connectivity index (χ2v) is 8.46. The van der Waals surface area contributed by atoms with Crippen LogP contribution in [0.4, 0.5) is 0 Å². The van der Waals surface area contributed by atoms with Gasteiger partial charge in [0.1, 0.15) is 0 Å². The number of hydrogen-bond acceptors (Lipinski definition) is 1. The third kappa shape index (κ3) is 6.27. The summed E-state index contributed by atoms with van der Waals surface area (Å²) in [7, 11) is 0. The van der Waals surface area contributed by atoms with Gasteiger partial charge in [0.05, 0.1) is 5.54 Å². The Balaban J connectivity index is 3.53. The Morgan fingerprint density at radius 1 is 1.04 bits per heavy atom. The molecule has 0 fully saturated rings. The molecule has 0 saturated heterocycles. The second kappa shape index (κ2) is 10.3. The second-order valence-electron chi connectivity index (χ2n) is 8.46. The van der Waals surface area contributed by atoms with Crippen molar-refractivity contribution >= 4 is 0 Å². The number of allylic oxidation sites excluding steroid dienone is 6. The molecule has 0 aliphatic carbocycles.